The predicted molar refractivity (Wildman–Crippen MR) is 88.2 cm³/mol. The Kier molecular flexibility index (Phi) is 2.78. The summed E-state index contributed by atoms with van der Waals surface area (Å²) >= 11 is 3.50. The van der Waals surface area contributed by atoms with Crippen LogP contribution in [0.1, 0.15) is 17.2 Å². The summed E-state index contributed by atoms with van der Waals surface area (Å²) in [4.78, 5) is 0. The van der Waals surface area contributed by atoms with Gasteiger partial charge in [-0.15, -0.1) is 0 Å². The van der Waals surface area contributed by atoms with Crippen LogP contribution < -0.4 is 5.32 Å². The van der Waals surface area contributed by atoms with Crippen molar-refractivity contribution in [2.24, 2.45) is 0 Å². The van der Waals surface area contributed by atoms with Gasteiger partial charge in [0.25, 0.3) is 0 Å². The summed E-state index contributed by atoms with van der Waals surface area (Å²) < 4.78 is 1.12. The maximum atomic E-state index is 3.68. The zero-order chi connectivity index (χ0) is 13.5. The lowest BCUT2D eigenvalue weighted by molar-refractivity contribution is 0.769. The lowest BCUT2D eigenvalue weighted by atomic mass is 9.90. The molecule has 0 radical (unpaired) electrons. The minimum atomic E-state index is 0.351. The van der Waals surface area contributed by atoms with Crippen molar-refractivity contribution in [3.63, 3.8) is 0 Å². The van der Waals surface area contributed by atoms with Gasteiger partial charge in [-0.3, -0.25) is 0 Å². The standard InChI is InChI=1S/C18H14BrN/c19-15-9-7-12(8-10-15)17-11-14-5-1-3-13-4-2-6-16(20-17)18(13)14/h1-10,17,20H,11H2. The van der Waals surface area contributed by atoms with Crippen molar-refractivity contribution in [2.75, 3.05) is 5.32 Å². The smallest absolute Gasteiger partial charge is 0.0554 e. The van der Waals surface area contributed by atoms with Gasteiger partial charge in [0.1, 0.15) is 0 Å². The van der Waals surface area contributed by atoms with E-state index in [4.69, 9.17) is 0 Å². The summed E-state index contributed by atoms with van der Waals surface area (Å²) in [7, 11) is 0. The summed E-state index contributed by atoms with van der Waals surface area (Å²) in [6.07, 6.45) is 1.04. The number of hydrogen-bond acceptors (Lipinski definition) is 1. The van der Waals surface area contributed by atoms with E-state index in [0.29, 0.717) is 6.04 Å². The zero-order valence-corrected chi connectivity index (χ0v) is 12.5. The van der Waals surface area contributed by atoms with Crippen molar-refractivity contribution < 1.29 is 0 Å². The van der Waals surface area contributed by atoms with E-state index >= 15 is 0 Å². The highest BCUT2D eigenvalue weighted by Gasteiger charge is 2.20. The van der Waals surface area contributed by atoms with Crippen molar-refractivity contribution in [3.05, 3.63) is 76.3 Å². The molecule has 0 aromatic heterocycles. The first-order chi connectivity index (χ1) is 9.81. The second kappa shape index (κ2) is 4.64. The van der Waals surface area contributed by atoms with Gasteiger partial charge in [-0.2, -0.15) is 0 Å². The maximum absolute atomic E-state index is 3.68. The SMILES string of the molecule is Brc1ccc(C2Cc3cccc4cccc(c34)N2)cc1. The minimum Gasteiger partial charge on any atom is -0.377 e. The summed E-state index contributed by atoms with van der Waals surface area (Å²) in [5.41, 5.74) is 4.02. The molecule has 1 nitrogen and oxygen atoms in total. The summed E-state index contributed by atoms with van der Waals surface area (Å²) in [6.45, 7) is 0. The first-order valence-electron chi connectivity index (χ1n) is 6.84. The van der Waals surface area contributed by atoms with E-state index in [-0.39, 0.29) is 0 Å². The highest BCUT2D eigenvalue weighted by molar-refractivity contribution is 9.10. The Morgan fingerprint density at radius 2 is 1.65 bits per heavy atom. The summed E-state index contributed by atoms with van der Waals surface area (Å²) in [5, 5.41) is 6.38. The monoisotopic (exact) mass is 323 g/mol. The van der Waals surface area contributed by atoms with Gasteiger partial charge < -0.3 is 5.32 Å². The predicted octanol–water partition coefficient (Wildman–Crippen LogP) is 5.31. The van der Waals surface area contributed by atoms with Crippen LogP contribution in [0.3, 0.4) is 0 Å². The third-order valence-corrected chi connectivity index (χ3v) is 4.55. The van der Waals surface area contributed by atoms with Crippen LogP contribution in [-0.4, -0.2) is 0 Å². The Morgan fingerprint density at radius 3 is 2.45 bits per heavy atom. The Balaban J connectivity index is 1.81. The summed E-state index contributed by atoms with van der Waals surface area (Å²) in [6, 6.07) is 22.0. The van der Waals surface area contributed by atoms with Crippen molar-refractivity contribution in [2.45, 2.75) is 12.5 Å². The van der Waals surface area contributed by atoms with Crippen molar-refractivity contribution in [1.29, 1.82) is 0 Å². The zero-order valence-electron chi connectivity index (χ0n) is 10.9. The van der Waals surface area contributed by atoms with Crippen LogP contribution in [0.2, 0.25) is 0 Å². The minimum absolute atomic E-state index is 0.351. The van der Waals surface area contributed by atoms with E-state index in [1.165, 1.54) is 27.6 Å². The molecule has 20 heavy (non-hydrogen) atoms. The lowest BCUT2D eigenvalue weighted by Crippen LogP contribution is -2.18. The molecule has 2 heteroatoms. The van der Waals surface area contributed by atoms with Gasteiger partial charge in [0.2, 0.25) is 0 Å². The molecule has 3 aromatic carbocycles. The molecule has 1 heterocycles. The van der Waals surface area contributed by atoms with Crippen LogP contribution in [0.15, 0.2) is 65.1 Å². The molecule has 4 rings (SSSR count). The Labute approximate surface area is 126 Å². The number of benzene rings is 3. The first kappa shape index (κ1) is 12.0. The first-order valence-corrected chi connectivity index (χ1v) is 7.63. The van der Waals surface area contributed by atoms with Crippen LogP contribution in [0.4, 0.5) is 5.69 Å². The molecule has 1 unspecified atom stereocenters. The van der Waals surface area contributed by atoms with Gasteiger partial charge in [-0.25, -0.2) is 0 Å². The number of hydrogen-bond donors (Lipinski definition) is 1. The fourth-order valence-corrected chi connectivity index (χ4v) is 3.33. The van der Waals surface area contributed by atoms with E-state index in [1.54, 1.807) is 0 Å². The Morgan fingerprint density at radius 1 is 0.900 bits per heavy atom. The topological polar surface area (TPSA) is 12.0 Å². The van der Waals surface area contributed by atoms with Crippen molar-refractivity contribution in [1.82, 2.24) is 0 Å². The molecule has 3 aromatic rings. The Hall–Kier alpha value is -1.80. The molecule has 1 N–H and O–H groups in total. The average Bonchev–Trinajstić information content (AvgIpc) is 2.48. The van der Waals surface area contributed by atoms with Gasteiger partial charge >= 0.3 is 0 Å². The molecule has 1 atom stereocenters. The van der Waals surface area contributed by atoms with Crippen molar-refractivity contribution in [3.8, 4) is 0 Å². The van der Waals surface area contributed by atoms with E-state index in [2.05, 4.69) is 81.9 Å². The van der Waals surface area contributed by atoms with Crippen LogP contribution in [0, 0.1) is 0 Å². The van der Waals surface area contributed by atoms with Gasteiger partial charge in [0.15, 0.2) is 0 Å². The molecular weight excluding hydrogens is 310 g/mol. The molecular formula is C18H14BrN. The van der Waals surface area contributed by atoms with Crippen molar-refractivity contribution >= 4 is 32.4 Å². The van der Waals surface area contributed by atoms with Gasteiger partial charge in [-0.05, 0) is 41.1 Å². The molecule has 1 aliphatic rings. The molecule has 0 bridgehead atoms. The maximum Gasteiger partial charge on any atom is 0.0554 e. The summed E-state index contributed by atoms with van der Waals surface area (Å²) in [5.74, 6) is 0. The van der Waals surface area contributed by atoms with E-state index in [0.717, 1.165) is 10.9 Å². The third-order valence-electron chi connectivity index (χ3n) is 4.02. The number of rotatable bonds is 1. The molecule has 0 spiro atoms. The molecule has 0 amide bonds. The highest BCUT2D eigenvalue weighted by atomic mass is 79.9. The molecule has 0 saturated carbocycles. The Bertz CT molecular complexity index is 736. The van der Waals surface area contributed by atoms with Gasteiger partial charge in [0.05, 0.1) is 6.04 Å². The van der Waals surface area contributed by atoms with Crippen LogP contribution >= 0.6 is 15.9 Å². The van der Waals surface area contributed by atoms with Gasteiger partial charge in [-0.1, -0.05) is 58.4 Å². The van der Waals surface area contributed by atoms with Crippen LogP contribution in [-0.2, 0) is 6.42 Å². The number of halogens is 1. The quantitative estimate of drug-likeness (QED) is 0.639. The molecule has 1 aliphatic heterocycles. The van der Waals surface area contributed by atoms with Crippen LogP contribution in [0.25, 0.3) is 10.8 Å². The van der Waals surface area contributed by atoms with E-state index < -0.39 is 0 Å². The highest BCUT2D eigenvalue weighted by Crippen LogP contribution is 2.37. The molecule has 0 saturated heterocycles. The van der Waals surface area contributed by atoms with E-state index in [1.807, 2.05) is 0 Å². The largest absolute Gasteiger partial charge is 0.377 e. The van der Waals surface area contributed by atoms with Gasteiger partial charge in [0, 0.05) is 15.5 Å². The lowest BCUT2D eigenvalue weighted by Gasteiger charge is -2.28. The molecule has 0 aliphatic carbocycles. The van der Waals surface area contributed by atoms with E-state index in [9.17, 15) is 0 Å². The second-order valence-corrected chi connectivity index (χ2v) is 6.19. The molecule has 0 fully saturated rings. The average molecular weight is 324 g/mol. The fraction of sp³-hybridized carbons (Fsp3) is 0.111. The third kappa shape index (κ3) is 1.92. The normalized spacial score (nSPS) is 16.9. The fourth-order valence-electron chi connectivity index (χ4n) is 3.06. The number of anilines is 1. The molecule has 98 valence electrons. The second-order valence-electron chi connectivity index (χ2n) is 5.27. The van der Waals surface area contributed by atoms with Crippen LogP contribution in [0.5, 0.6) is 0 Å². The number of nitrogens with one attached hydrogen (secondary N) is 1.